The first-order valence-corrected chi connectivity index (χ1v) is 5.76. The van der Waals surface area contributed by atoms with Crippen LogP contribution >= 0.6 is 0 Å². The van der Waals surface area contributed by atoms with E-state index in [1.807, 2.05) is 30.3 Å². The number of amides is 1. The lowest BCUT2D eigenvalue weighted by molar-refractivity contribution is 0.134. The van der Waals surface area contributed by atoms with Gasteiger partial charge in [-0.3, -0.25) is 0 Å². The van der Waals surface area contributed by atoms with Crippen molar-refractivity contribution in [2.24, 2.45) is 0 Å². The highest BCUT2D eigenvalue weighted by Gasteiger charge is 2.19. The summed E-state index contributed by atoms with van der Waals surface area (Å²) in [5.74, 6) is 0. The second-order valence-electron chi connectivity index (χ2n) is 4.11. The summed E-state index contributed by atoms with van der Waals surface area (Å²) in [6.07, 6.45) is 4.00. The monoisotopic (exact) mass is 218 g/mol. The van der Waals surface area contributed by atoms with Crippen molar-refractivity contribution in [3.8, 4) is 0 Å². The highest BCUT2D eigenvalue weighted by atomic mass is 16.5. The standard InChI is InChI=1S/C13H16NO2/c15-13(14-12-8-4-5-9-12)16-10-11-6-2-1-3-7-11/h1-3,6-7,12H,4-5,8-10H2. The molecule has 0 atom stereocenters. The van der Waals surface area contributed by atoms with Crippen LogP contribution < -0.4 is 5.32 Å². The maximum atomic E-state index is 11.4. The first-order valence-electron chi connectivity index (χ1n) is 5.76. The van der Waals surface area contributed by atoms with E-state index in [2.05, 4.69) is 5.32 Å². The van der Waals surface area contributed by atoms with Gasteiger partial charge in [-0.25, -0.2) is 10.1 Å². The van der Waals surface area contributed by atoms with Crippen LogP contribution in [-0.4, -0.2) is 12.1 Å². The van der Waals surface area contributed by atoms with Crippen LogP contribution in [0.15, 0.2) is 30.3 Å². The van der Waals surface area contributed by atoms with Crippen LogP contribution in [0.3, 0.4) is 0 Å². The fourth-order valence-corrected chi connectivity index (χ4v) is 1.94. The molecule has 1 aliphatic rings. The molecule has 85 valence electrons. The fourth-order valence-electron chi connectivity index (χ4n) is 1.94. The SMILES string of the molecule is O=C([N]C1CCCC1)OCc1ccccc1. The second kappa shape index (κ2) is 5.54. The van der Waals surface area contributed by atoms with Gasteiger partial charge < -0.3 is 4.74 Å². The number of carbonyl (C=O) groups is 1. The predicted molar refractivity (Wildman–Crippen MR) is 61.0 cm³/mol. The third-order valence-corrected chi connectivity index (χ3v) is 2.82. The summed E-state index contributed by atoms with van der Waals surface area (Å²) >= 11 is 0. The Kier molecular flexibility index (Phi) is 3.81. The van der Waals surface area contributed by atoms with Gasteiger partial charge in [0.25, 0.3) is 0 Å². The number of rotatable bonds is 3. The molecule has 1 aromatic carbocycles. The summed E-state index contributed by atoms with van der Waals surface area (Å²) in [5, 5.41) is 4.03. The van der Waals surface area contributed by atoms with E-state index >= 15 is 0 Å². The Morgan fingerprint density at radius 2 is 1.94 bits per heavy atom. The van der Waals surface area contributed by atoms with Crippen molar-refractivity contribution in [3.05, 3.63) is 35.9 Å². The molecule has 1 fully saturated rings. The summed E-state index contributed by atoms with van der Waals surface area (Å²) in [6, 6.07) is 9.86. The zero-order chi connectivity index (χ0) is 11.2. The number of hydrogen-bond acceptors (Lipinski definition) is 2. The predicted octanol–water partition coefficient (Wildman–Crippen LogP) is 2.87. The average molecular weight is 218 g/mol. The minimum Gasteiger partial charge on any atom is -0.443 e. The lowest BCUT2D eigenvalue weighted by atomic mass is 10.2. The highest BCUT2D eigenvalue weighted by molar-refractivity contribution is 5.67. The first-order chi connectivity index (χ1) is 7.84. The molecule has 16 heavy (non-hydrogen) atoms. The molecule has 0 unspecified atom stereocenters. The molecule has 1 radical (unpaired) electrons. The van der Waals surface area contributed by atoms with E-state index in [0.29, 0.717) is 6.61 Å². The van der Waals surface area contributed by atoms with E-state index < -0.39 is 6.09 Å². The Hall–Kier alpha value is -1.51. The van der Waals surface area contributed by atoms with Gasteiger partial charge in [0.1, 0.15) is 6.61 Å². The Morgan fingerprint density at radius 1 is 1.25 bits per heavy atom. The summed E-state index contributed by atoms with van der Waals surface area (Å²) in [6.45, 7) is 0.315. The van der Waals surface area contributed by atoms with E-state index in [1.165, 1.54) is 12.8 Å². The maximum Gasteiger partial charge on any atom is 0.429 e. The number of nitrogens with zero attached hydrogens (tertiary/aromatic N) is 1. The van der Waals surface area contributed by atoms with Gasteiger partial charge in [0.15, 0.2) is 0 Å². The summed E-state index contributed by atoms with van der Waals surface area (Å²) in [5.41, 5.74) is 0.998. The van der Waals surface area contributed by atoms with Crippen LogP contribution in [0.2, 0.25) is 0 Å². The fraction of sp³-hybridized carbons (Fsp3) is 0.462. The van der Waals surface area contributed by atoms with Crippen LogP contribution in [0, 0.1) is 0 Å². The molecular formula is C13H16NO2. The number of carbonyl (C=O) groups excluding carboxylic acids is 1. The van der Waals surface area contributed by atoms with Gasteiger partial charge in [0.2, 0.25) is 0 Å². The van der Waals surface area contributed by atoms with Crippen molar-refractivity contribution in [1.82, 2.24) is 5.32 Å². The molecule has 1 aromatic rings. The van der Waals surface area contributed by atoms with Gasteiger partial charge in [-0.05, 0) is 18.4 Å². The largest absolute Gasteiger partial charge is 0.443 e. The van der Waals surface area contributed by atoms with E-state index in [9.17, 15) is 4.79 Å². The van der Waals surface area contributed by atoms with E-state index in [4.69, 9.17) is 4.74 Å². The van der Waals surface area contributed by atoms with E-state index in [0.717, 1.165) is 18.4 Å². The number of ether oxygens (including phenoxy) is 1. The van der Waals surface area contributed by atoms with Gasteiger partial charge in [-0.1, -0.05) is 43.2 Å². The third-order valence-electron chi connectivity index (χ3n) is 2.82. The zero-order valence-electron chi connectivity index (χ0n) is 9.26. The minimum atomic E-state index is -0.421. The second-order valence-corrected chi connectivity index (χ2v) is 4.11. The molecule has 0 saturated heterocycles. The van der Waals surface area contributed by atoms with Crippen molar-refractivity contribution in [2.45, 2.75) is 38.3 Å². The van der Waals surface area contributed by atoms with Gasteiger partial charge >= 0.3 is 6.09 Å². The Bertz CT molecular complexity index is 331. The van der Waals surface area contributed by atoms with Gasteiger partial charge in [0.05, 0.1) is 6.04 Å². The molecule has 0 spiro atoms. The molecule has 3 nitrogen and oxygen atoms in total. The first kappa shape index (κ1) is 11.0. The van der Waals surface area contributed by atoms with Crippen molar-refractivity contribution >= 4 is 6.09 Å². The minimum absolute atomic E-state index is 0.197. The Labute approximate surface area is 95.8 Å². The summed E-state index contributed by atoms with van der Waals surface area (Å²) in [7, 11) is 0. The van der Waals surface area contributed by atoms with Crippen LogP contribution in [-0.2, 0) is 11.3 Å². The summed E-state index contributed by atoms with van der Waals surface area (Å²) in [4.78, 5) is 11.4. The van der Waals surface area contributed by atoms with Crippen LogP contribution in [0.5, 0.6) is 0 Å². The molecule has 1 amide bonds. The van der Waals surface area contributed by atoms with Crippen LogP contribution in [0.1, 0.15) is 31.2 Å². The number of benzene rings is 1. The molecule has 2 rings (SSSR count). The quantitative estimate of drug-likeness (QED) is 0.782. The molecule has 0 bridgehead atoms. The topological polar surface area (TPSA) is 40.4 Å². The normalized spacial score (nSPS) is 16.0. The zero-order valence-corrected chi connectivity index (χ0v) is 9.26. The van der Waals surface area contributed by atoms with Gasteiger partial charge in [0, 0.05) is 0 Å². The molecule has 1 saturated carbocycles. The molecule has 0 N–H and O–H groups in total. The highest BCUT2D eigenvalue weighted by Crippen LogP contribution is 2.18. The van der Waals surface area contributed by atoms with Crippen LogP contribution in [0.4, 0.5) is 4.79 Å². The van der Waals surface area contributed by atoms with Gasteiger partial charge in [-0.2, -0.15) is 0 Å². The van der Waals surface area contributed by atoms with Crippen molar-refractivity contribution in [3.63, 3.8) is 0 Å². The summed E-state index contributed by atoms with van der Waals surface area (Å²) < 4.78 is 5.08. The third kappa shape index (κ3) is 3.26. The molecule has 0 heterocycles. The van der Waals surface area contributed by atoms with E-state index in [-0.39, 0.29) is 6.04 Å². The maximum absolute atomic E-state index is 11.4. The Morgan fingerprint density at radius 3 is 2.62 bits per heavy atom. The molecular weight excluding hydrogens is 202 g/mol. The van der Waals surface area contributed by atoms with Crippen molar-refractivity contribution in [1.29, 1.82) is 0 Å². The molecule has 3 heteroatoms. The number of hydrogen-bond donors (Lipinski definition) is 0. The van der Waals surface area contributed by atoms with Crippen LogP contribution in [0.25, 0.3) is 0 Å². The van der Waals surface area contributed by atoms with E-state index in [1.54, 1.807) is 0 Å². The molecule has 1 aliphatic carbocycles. The average Bonchev–Trinajstić information content (AvgIpc) is 2.81. The lowest BCUT2D eigenvalue weighted by Crippen LogP contribution is -2.25. The molecule has 0 aliphatic heterocycles. The smallest absolute Gasteiger partial charge is 0.429 e. The van der Waals surface area contributed by atoms with Crippen molar-refractivity contribution < 1.29 is 9.53 Å². The van der Waals surface area contributed by atoms with Gasteiger partial charge in [-0.15, -0.1) is 0 Å². The lowest BCUT2D eigenvalue weighted by Gasteiger charge is -2.09. The van der Waals surface area contributed by atoms with Crippen molar-refractivity contribution in [2.75, 3.05) is 0 Å². The molecule has 0 aromatic heterocycles. The Balaban J connectivity index is 1.71.